The Labute approximate surface area is 121 Å². The molecule has 0 aliphatic carbocycles. The average molecular weight is 272 g/mol. The summed E-state index contributed by atoms with van der Waals surface area (Å²) in [4.78, 5) is 0. The lowest BCUT2D eigenvalue weighted by molar-refractivity contribution is 0.442. The summed E-state index contributed by atoms with van der Waals surface area (Å²) in [6, 6.07) is 8.24. The molecule has 3 heteroatoms. The minimum absolute atomic E-state index is 0.0661. The lowest BCUT2D eigenvalue weighted by Gasteiger charge is -2.22. The average Bonchev–Trinajstić information content (AvgIpc) is 2.68. The summed E-state index contributed by atoms with van der Waals surface area (Å²) < 4.78 is 1.89. The van der Waals surface area contributed by atoms with E-state index in [0.717, 1.165) is 29.8 Å². The fraction of sp³-hybridized carbons (Fsp3) is 0.471. The van der Waals surface area contributed by atoms with Crippen LogP contribution < -0.4 is 0 Å². The van der Waals surface area contributed by atoms with Crippen molar-refractivity contribution in [2.75, 3.05) is 0 Å². The molecule has 0 saturated carbocycles. The smallest absolute Gasteiger partial charge is 0.234 e. The van der Waals surface area contributed by atoms with E-state index < -0.39 is 0 Å². The fourth-order valence-electron chi connectivity index (χ4n) is 2.56. The maximum Gasteiger partial charge on any atom is 0.234 e. The molecular weight excluding hydrogens is 248 g/mol. The van der Waals surface area contributed by atoms with Gasteiger partial charge in [0.15, 0.2) is 0 Å². The minimum Gasteiger partial charge on any atom is -0.492 e. The van der Waals surface area contributed by atoms with Crippen molar-refractivity contribution in [3.05, 3.63) is 41.1 Å². The monoisotopic (exact) mass is 272 g/mol. The summed E-state index contributed by atoms with van der Waals surface area (Å²) in [5.74, 6) is 0.164. The van der Waals surface area contributed by atoms with E-state index in [9.17, 15) is 5.11 Å². The van der Waals surface area contributed by atoms with Gasteiger partial charge in [-0.3, -0.25) is 0 Å². The van der Waals surface area contributed by atoms with E-state index in [1.165, 1.54) is 5.56 Å². The van der Waals surface area contributed by atoms with Gasteiger partial charge in [0.1, 0.15) is 0 Å². The van der Waals surface area contributed by atoms with E-state index in [0.29, 0.717) is 0 Å². The quantitative estimate of drug-likeness (QED) is 0.912. The van der Waals surface area contributed by atoms with Crippen LogP contribution in [0, 0.1) is 6.92 Å². The summed E-state index contributed by atoms with van der Waals surface area (Å²) in [5.41, 5.74) is 4.22. The predicted octanol–water partition coefficient (Wildman–Crippen LogP) is 4.14. The van der Waals surface area contributed by atoms with Crippen LogP contribution in [-0.2, 0) is 11.8 Å². The highest BCUT2D eigenvalue weighted by Crippen LogP contribution is 2.34. The number of benzene rings is 1. The Hall–Kier alpha value is -1.77. The first-order valence-electron chi connectivity index (χ1n) is 7.23. The lowest BCUT2D eigenvalue weighted by atomic mass is 9.87. The molecule has 0 radical (unpaired) electrons. The molecule has 1 aromatic carbocycles. The van der Waals surface area contributed by atoms with Crippen LogP contribution in [0.4, 0.5) is 0 Å². The molecule has 20 heavy (non-hydrogen) atoms. The van der Waals surface area contributed by atoms with Crippen LogP contribution in [0.1, 0.15) is 50.9 Å². The molecule has 0 unspecified atom stereocenters. The number of aromatic nitrogens is 2. The number of hydrogen-bond acceptors (Lipinski definition) is 2. The van der Waals surface area contributed by atoms with Crippen molar-refractivity contribution in [3.8, 4) is 11.6 Å². The number of rotatable bonds is 3. The Balaban J connectivity index is 2.64. The molecule has 2 aromatic rings. The van der Waals surface area contributed by atoms with Gasteiger partial charge >= 0.3 is 0 Å². The first-order valence-corrected chi connectivity index (χ1v) is 7.23. The van der Waals surface area contributed by atoms with Gasteiger partial charge in [-0.15, -0.1) is 5.10 Å². The molecule has 1 N–H and O–H groups in total. The highest BCUT2D eigenvalue weighted by molar-refractivity contribution is 5.43. The van der Waals surface area contributed by atoms with E-state index in [2.05, 4.69) is 51.9 Å². The molecule has 0 aliphatic rings. The van der Waals surface area contributed by atoms with Crippen molar-refractivity contribution < 1.29 is 5.11 Å². The molecule has 108 valence electrons. The number of nitrogens with zero attached hydrogens (tertiary/aromatic N) is 2. The standard InChI is InChI=1S/C17H24N2O/c1-6-7-14-15(17(3,4)5)19(18-16(14)20)13-10-8-12(2)9-11-13/h8-11H,6-7H2,1-5H3,(H,18,20). The molecule has 0 saturated heterocycles. The van der Waals surface area contributed by atoms with Crippen molar-refractivity contribution in [1.82, 2.24) is 9.78 Å². The van der Waals surface area contributed by atoms with Crippen LogP contribution in [0.3, 0.4) is 0 Å². The molecule has 0 aliphatic heterocycles. The van der Waals surface area contributed by atoms with Gasteiger partial charge in [0.2, 0.25) is 5.88 Å². The van der Waals surface area contributed by atoms with Gasteiger partial charge in [-0.1, -0.05) is 51.8 Å². The second-order valence-electron chi connectivity index (χ2n) is 6.40. The van der Waals surface area contributed by atoms with Gasteiger partial charge in [-0.2, -0.15) is 0 Å². The summed E-state index contributed by atoms with van der Waals surface area (Å²) >= 11 is 0. The molecule has 1 aromatic heterocycles. The Morgan fingerprint density at radius 3 is 2.25 bits per heavy atom. The number of aryl methyl sites for hydroxylation is 1. The molecule has 0 atom stereocenters. The van der Waals surface area contributed by atoms with E-state index >= 15 is 0 Å². The van der Waals surface area contributed by atoms with Crippen molar-refractivity contribution in [1.29, 1.82) is 0 Å². The molecule has 2 rings (SSSR count). The van der Waals surface area contributed by atoms with E-state index in [-0.39, 0.29) is 11.3 Å². The molecule has 0 spiro atoms. The third kappa shape index (κ3) is 2.72. The fourth-order valence-corrected chi connectivity index (χ4v) is 2.56. The van der Waals surface area contributed by atoms with Gasteiger partial charge in [0.05, 0.1) is 11.4 Å². The lowest BCUT2D eigenvalue weighted by Crippen LogP contribution is -2.19. The molecule has 3 nitrogen and oxygen atoms in total. The highest BCUT2D eigenvalue weighted by atomic mass is 16.3. The van der Waals surface area contributed by atoms with Crippen LogP contribution in [-0.4, -0.2) is 14.9 Å². The van der Waals surface area contributed by atoms with Gasteiger partial charge in [-0.05, 0) is 25.5 Å². The first kappa shape index (κ1) is 14.6. The zero-order chi connectivity index (χ0) is 14.9. The maximum absolute atomic E-state index is 10.2. The summed E-state index contributed by atoms with van der Waals surface area (Å²) in [6.07, 6.45) is 1.85. The zero-order valence-electron chi connectivity index (χ0n) is 13.1. The first-order chi connectivity index (χ1) is 9.34. The third-order valence-corrected chi connectivity index (χ3v) is 3.45. The van der Waals surface area contributed by atoms with Gasteiger partial charge in [0, 0.05) is 11.0 Å². The van der Waals surface area contributed by atoms with Gasteiger partial charge in [0.25, 0.3) is 0 Å². The van der Waals surface area contributed by atoms with E-state index in [1.807, 2.05) is 16.8 Å². The van der Waals surface area contributed by atoms with Gasteiger partial charge in [-0.25, -0.2) is 4.68 Å². The van der Waals surface area contributed by atoms with E-state index in [4.69, 9.17) is 0 Å². The third-order valence-electron chi connectivity index (χ3n) is 3.45. The molecule has 0 amide bonds. The largest absolute Gasteiger partial charge is 0.492 e. The highest BCUT2D eigenvalue weighted by Gasteiger charge is 2.27. The number of hydrogen-bond donors (Lipinski definition) is 1. The van der Waals surface area contributed by atoms with Crippen LogP contribution in [0.2, 0.25) is 0 Å². The van der Waals surface area contributed by atoms with E-state index in [1.54, 1.807) is 0 Å². The Kier molecular flexibility index (Phi) is 3.89. The van der Waals surface area contributed by atoms with Crippen molar-refractivity contribution in [2.45, 2.75) is 52.9 Å². The molecule has 0 bridgehead atoms. The number of aromatic hydroxyl groups is 1. The summed E-state index contributed by atoms with van der Waals surface area (Å²) in [7, 11) is 0. The Bertz CT molecular complexity index is 589. The summed E-state index contributed by atoms with van der Waals surface area (Å²) in [6.45, 7) is 10.7. The van der Waals surface area contributed by atoms with Crippen LogP contribution in [0.5, 0.6) is 5.88 Å². The van der Waals surface area contributed by atoms with Crippen LogP contribution >= 0.6 is 0 Å². The Morgan fingerprint density at radius 2 is 1.75 bits per heavy atom. The van der Waals surface area contributed by atoms with Crippen LogP contribution in [0.15, 0.2) is 24.3 Å². The van der Waals surface area contributed by atoms with Crippen molar-refractivity contribution in [3.63, 3.8) is 0 Å². The van der Waals surface area contributed by atoms with Crippen LogP contribution in [0.25, 0.3) is 5.69 Å². The molecular formula is C17H24N2O. The normalized spacial score (nSPS) is 11.8. The molecule has 1 heterocycles. The topological polar surface area (TPSA) is 38.1 Å². The maximum atomic E-state index is 10.2. The Morgan fingerprint density at radius 1 is 1.15 bits per heavy atom. The zero-order valence-corrected chi connectivity index (χ0v) is 13.1. The van der Waals surface area contributed by atoms with Crippen molar-refractivity contribution >= 4 is 0 Å². The second kappa shape index (κ2) is 5.31. The van der Waals surface area contributed by atoms with Crippen molar-refractivity contribution in [2.24, 2.45) is 0 Å². The summed E-state index contributed by atoms with van der Waals surface area (Å²) in [5, 5.41) is 14.6. The minimum atomic E-state index is -0.0661. The SMILES string of the molecule is CCCc1c(O)nn(-c2ccc(C)cc2)c1C(C)(C)C. The van der Waals surface area contributed by atoms with Gasteiger partial charge < -0.3 is 5.11 Å². The predicted molar refractivity (Wildman–Crippen MR) is 82.7 cm³/mol. The molecule has 0 fully saturated rings. The second-order valence-corrected chi connectivity index (χ2v) is 6.40.